The minimum Gasteiger partial charge on any atom is -0.399 e. The first-order chi connectivity index (χ1) is 9.95. The highest BCUT2D eigenvalue weighted by Gasteiger charge is 2.13. The fraction of sp³-hybridized carbons (Fsp3) is 0.188. The maximum absolute atomic E-state index is 13.1. The fourth-order valence-corrected chi connectivity index (χ4v) is 2.18. The number of amides is 1. The normalized spacial score (nSPS) is 12.0. The molecule has 21 heavy (non-hydrogen) atoms. The van der Waals surface area contributed by atoms with Crippen molar-refractivity contribution >= 4 is 28.9 Å². The Morgan fingerprint density at radius 2 is 1.95 bits per heavy atom. The van der Waals surface area contributed by atoms with Crippen molar-refractivity contribution < 1.29 is 9.18 Å². The molecule has 0 heterocycles. The van der Waals surface area contributed by atoms with Crippen LogP contribution in [0.3, 0.4) is 0 Å². The molecule has 0 aromatic heterocycles. The fourth-order valence-electron chi connectivity index (χ4n) is 2.02. The molecule has 0 saturated carbocycles. The molecule has 2 aromatic rings. The predicted molar refractivity (Wildman–Crippen MR) is 83.9 cm³/mol. The van der Waals surface area contributed by atoms with Crippen molar-refractivity contribution in [2.45, 2.75) is 19.3 Å². The van der Waals surface area contributed by atoms with Crippen molar-refractivity contribution in [3.05, 3.63) is 58.9 Å². The molecule has 0 fully saturated rings. The first kappa shape index (κ1) is 15.3. The van der Waals surface area contributed by atoms with Gasteiger partial charge in [-0.25, -0.2) is 4.39 Å². The largest absolute Gasteiger partial charge is 0.399 e. The number of nitrogen functional groups attached to an aromatic ring is 1. The van der Waals surface area contributed by atoms with Crippen molar-refractivity contribution in [1.29, 1.82) is 0 Å². The smallest absolute Gasteiger partial charge is 0.225 e. The zero-order chi connectivity index (χ0) is 15.4. The SMILES string of the molecule is CC(CC(=O)Nc1cc(F)ccc1Cl)c1ccc(N)cc1. The summed E-state index contributed by atoms with van der Waals surface area (Å²) in [6.07, 6.45) is 0.275. The van der Waals surface area contributed by atoms with Crippen molar-refractivity contribution in [3.8, 4) is 0 Å². The van der Waals surface area contributed by atoms with E-state index in [1.165, 1.54) is 18.2 Å². The van der Waals surface area contributed by atoms with Gasteiger partial charge >= 0.3 is 0 Å². The summed E-state index contributed by atoms with van der Waals surface area (Å²) in [5, 5.41) is 2.94. The number of halogens is 2. The van der Waals surface area contributed by atoms with Crippen LogP contribution in [0.1, 0.15) is 24.8 Å². The lowest BCUT2D eigenvalue weighted by molar-refractivity contribution is -0.116. The van der Waals surface area contributed by atoms with Gasteiger partial charge in [0, 0.05) is 12.1 Å². The van der Waals surface area contributed by atoms with Gasteiger partial charge in [0.1, 0.15) is 5.82 Å². The van der Waals surface area contributed by atoms with Crippen LogP contribution in [-0.4, -0.2) is 5.91 Å². The van der Waals surface area contributed by atoms with Gasteiger partial charge < -0.3 is 11.1 Å². The molecule has 3 nitrogen and oxygen atoms in total. The minimum atomic E-state index is -0.443. The van der Waals surface area contributed by atoms with Gasteiger partial charge in [0.2, 0.25) is 5.91 Å². The summed E-state index contributed by atoms with van der Waals surface area (Å²) in [4.78, 5) is 12.0. The maximum atomic E-state index is 13.1. The van der Waals surface area contributed by atoms with E-state index in [0.29, 0.717) is 10.7 Å². The number of hydrogen-bond donors (Lipinski definition) is 2. The Morgan fingerprint density at radius 1 is 1.29 bits per heavy atom. The molecule has 0 saturated heterocycles. The third-order valence-electron chi connectivity index (χ3n) is 3.20. The predicted octanol–water partition coefficient (Wildman–Crippen LogP) is 4.19. The van der Waals surface area contributed by atoms with Gasteiger partial charge in [0.25, 0.3) is 0 Å². The molecule has 1 atom stereocenters. The molecule has 0 aliphatic rings. The van der Waals surface area contributed by atoms with E-state index < -0.39 is 5.82 Å². The molecule has 0 radical (unpaired) electrons. The van der Waals surface area contributed by atoms with Crippen molar-refractivity contribution in [2.24, 2.45) is 0 Å². The van der Waals surface area contributed by atoms with E-state index in [9.17, 15) is 9.18 Å². The molecule has 0 aliphatic heterocycles. The van der Waals surface area contributed by atoms with Gasteiger partial charge in [-0.3, -0.25) is 4.79 Å². The Balaban J connectivity index is 2.01. The summed E-state index contributed by atoms with van der Waals surface area (Å²) in [5.41, 5.74) is 7.62. The van der Waals surface area contributed by atoms with Crippen LogP contribution in [-0.2, 0) is 4.79 Å². The quantitative estimate of drug-likeness (QED) is 0.832. The van der Waals surface area contributed by atoms with E-state index in [1.807, 2.05) is 19.1 Å². The molecular weight excluding hydrogens is 291 g/mol. The van der Waals surface area contributed by atoms with E-state index in [1.54, 1.807) is 12.1 Å². The first-order valence-electron chi connectivity index (χ1n) is 6.56. The number of carbonyl (C=O) groups excluding carboxylic acids is 1. The Morgan fingerprint density at radius 3 is 2.62 bits per heavy atom. The molecule has 110 valence electrons. The van der Waals surface area contributed by atoms with Crippen molar-refractivity contribution in [2.75, 3.05) is 11.1 Å². The molecule has 1 amide bonds. The third kappa shape index (κ3) is 4.20. The molecular formula is C16H16ClFN2O. The summed E-state index contributed by atoms with van der Waals surface area (Å²) in [7, 11) is 0. The molecule has 0 bridgehead atoms. The highest BCUT2D eigenvalue weighted by Crippen LogP contribution is 2.24. The van der Waals surface area contributed by atoms with Gasteiger partial charge in [-0.05, 0) is 41.8 Å². The zero-order valence-corrected chi connectivity index (χ0v) is 12.3. The van der Waals surface area contributed by atoms with Gasteiger partial charge in [-0.1, -0.05) is 30.7 Å². The van der Waals surface area contributed by atoms with Gasteiger partial charge in [-0.2, -0.15) is 0 Å². The molecule has 1 unspecified atom stereocenters. The van der Waals surface area contributed by atoms with Crippen LogP contribution in [0.4, 0.5) is 15.8 Å². The summed E-state index contributed by atoms with van der Waals surface area (Å²) < 4.78 is 13.1. The van der Waals surface area contributed by atoms with Crippen molar-refractivity contribution in [3.63, 3.8) is 0 Å². The topological polar surface area (TPSA) is 55.1 Å². The summed E-state index contributed by atoms with van der Waals surface area (Å²) in [5.74, 6) is -0.633. The van der Waals surface area contributed by atoms with E-state index >= 15 is 0 Å². The third-order valence-corrected chi connectivity index (χ3v) is 3.53. The highest BCUT2D eigenvalue weighted by atomic mass is 35.5. The minimum absolute atomic E-state index is 0.0259. The average molecular weight is 307 g/mol. The number of benzene rings is 2. The zero-order valence-electron chi connectivity index (χ0n) is 11.6. The highest BCUT2D eigenvalue weighted by molar-refractivity contribution is 6.33. The Hall–Kier alpha value is -2.07. The van der Waals surface area contributed by atoms with E-state index in [2.05, 4.69) is 5.32 Å². The first-order valence-corrected chi connectivity index (χ1v) is 6.94. The van der Waals surface area contributed by atoms with E-state index in [0.717, 1.165) is 5.56 Å². The van der Waals surface area contributed by atoms with Gasteiger partial charge in [-0.15, -0.1) is 0 Å². The summed E-state index contributed by atoms with van der Waals surface area (Å²) in [6.45, 7) is 1.94. The summed E-state index contributed by atoms with van der Waals surface area (Å²) >= 11 is 5.92. The van der Waals surface area contributed by atoms with Crippen LogP contribution in [0, 0.1) is 5.82 Å². The molecule has 2 rings (SSSR count). The molecule has 0 aliphatic carbocycles. The van der Waals surface area contributed by atoms with Crippen molar-refractivity contribution in [1.82, 2.24) is 0 Å². The Bertz CT molecular complexity index is 643. The number of rotatable bonds is 4. The Labute approximate surface area is 127 Å². The van der Waals surface area contributed by atoms with Crippen LogP contribution < -0.4 is 11.1 Å². The lowest BCUT2D eigenvalue weighted by Crippen LogP contribution is -2.14. The molecule has 0 spiro atoms. The second-order valence-electron chi connectivity index (χ2n) is 4.94. The van der Waals surface area contributed by atoms with Crippen LogP contribution in [0.15, 0.2) is 42.5 Å². The van der Waals surface area contributed by atoms with Crippen LogP contribution >= 0.6 is 11.6 Å². The lowest BCUT2D eigenvalue weighted by atomic mass is 9.97. The number of nitrogens with two attached hydrogens (primary N) is 1. The number of anilines is 2. The second-order valence-corrected chi connectivity index (χ2v) is 5.35. The lowest BCUT2D eigenvalue weighted by Gasteiger charge is -2.13. The number of hydrogen-bond acceptors (Lipinski definition) is 2. The van der Waals surface area contributed by atoms with E-state index in [4.69, 9.17) is 17.3 Å². The molecule has 2 aromatic carbocycles. The number of nitrogens with one attached hydrogen (secondary N) is 1. The van der Waals surface area contributed by atoms with E-state index in [-0.39, 0.29) is 23.9 Å². The van der Waals surface area contributed by atoms with Gasteiger partial charge in [0.05, 0.1) is 10.7 Å². The van der Waals surface area contributed by atoms with Crippen LogP contribution in [0.5, 0.6) is 0 Å². The molecule has 3 N–H and O–H groups in total. The summed E-state index contributed by atoms with van der Waals surface area (Å²) in [6, 6.07) is 11.2. The monoisotopic (exact) mass is 306 g/mol. The maximum Gasteiger partial charge on any atom is 0.225 e. The standard InChI is InChI=1S/C16H16ClFN2O/c1-10(11-2-5-13(19)6-3-11)8-16(21)20-15-9-12(18)4-7-14(15)17/h2-7,9-10H,8,19H2,1H3,(H,20,21). The van der Waals surface area contributed by atoms with Gasteiger partial charge in [0.15, 0.2) is 0 Å². The molecule has 5 heteroatoms. The number of carbonyl (C=O) groups is 1. The average Bonchev–Trinajstić information content (AvgIpc) is 2.43. The van der Waals surface area contributed by atoms with Crippen LogP contribution in [0.2, 0.25) is 5.02 Å². The van der Waals surface area contributed by atoms with Crippen LogP contribution in [0.25, 0.3) is 0 Å². The second kappa shape index (κ2) is 6.59. The Kier molecular flexibility index (Phi) is 4.81.